The molecule has 1 atom stereocenters. The maximum Gasteiger partial charge on any atom is 0.142 e. The summed E-state index contributed by atoms with van der Waals surface area (Å²) in [4.78, 5) is 12.6. The third-order valence-electron chi connectivity index (χ3n) is 4.50. The van der Waals surface area contributed by atoms with E-state index in [1.165, 1.54) is 12.8 Å². The number of aryl methyl sites for hydroxylation is 2. The summed E-state index contributed by atoms with van der Waals surface area (Å²) in [6, 6.07) is 0. The van der Waals surface area contributed by atoms with E-state index in [4.69, 9.17) is 0 Å². The molecule has 0 N–H and O–H groups in total. The molecule has 1 unspecified atom stereocenters. The maximum absolute atomic E-state index is 12.6. The van der Waals surface area contributed by atoms with E-state index in [-0.39, 0.29) is 11.3 Å². The second-order valence-corrected chi connectivity index (χ2v) is 7.19. The number of Topliss-reactive ketones (excluding diaryl/α,β-unsaturated/α-hetero) is 1. The van der Waals surface area contributed by atoms with E-state index >= 15 is 0 Å². The van der Waals surface area contributed by atoms with Gasteiger partial charge in [0.2, 0.25) is 0 Å². The van der Waals surface area contributed by atoms with Crippen molar-refractivity contribution in [3.63, 3.8) is 0 Å². The van der Waals surface area contributed by atoms with Crippen molar-refractivity contribution in [3.05, 3.63) is 15.9 Å². The van der Waals surface area contributed by atoms with E-state index in [0.717, 1.165) is 28.7 Å². The van der Waals surface area contributed by atoms with Crippen molar-refractivity contribution in [3.8, 4) is 0 Å². The molecule has 2 rings (SSSR count). The molecule has 0 saturated heterocycles. The summed E-state index contributed by atoms with van der Waals surface area (Å²) in [6.07, 6.45) is 5.14. The summed E-state index contributed by atoms with van der Waals surface area (Å²) in [5, 5.41) is 4.36. The monoisotopic (exact) mass is 326 g/mol. The van der Waals surface area contributed by atoms with Crippen LogP contribution in [0.2, 0.25) is 0 Å². The van der Waals surface area contributed by atoms with E-state index in [0.29, 0.717) is 12.2 Å². The fourth-order valence-electron chi connectivity index (χ4n) is 3.25. The lowest BCUT2D eigenvalue weighted by Gasteiger charge is -2.37. The number of aromatic nitrogens is 2. The Hall–Kier alpha value is -0.640. The van der Waals surface area contributed by atoms with Crippen molar-refractivity contribution >= 4 is 21.7 Å². The zero-order chi connectivity index (χ0) is 14.2. The van der Waals surface area contributed by atoms with Crippen LogP contribution in [0.4, 0.5) is 0 Å². The number of ketones is 1. The lowest BCUT2D eigenvalue weighted by molar-refractivity contribution is -0.127. The Morgan fingerprint density at radius 1 is 1.47 bits per heavy atom. The highest BCUT2D eigenvalue weighted by molar-refractivity contribution is 9.10. The van der Waals surface area contributed by atoms with Gasteiger partial charge in [0.1, 0.15) is 5.78 Å². The van der Waals surface area contributed by atoms with E-state index in [9.17, 15) is 4.79 Å². The van der Waals surface area contributed by atoms with Crippen LogP contribution in [0.1, 0.15) is 50.9 Å². The molecule has 0 amide bonds. The molecule has 0 spiro atoms. The van der Waals surface area contributed by atoms with Crippen LogP contribution < -0.4 is 0 Å². The third-order valence-corrected chi connectivity index (χ3v) is 5.53. The molecule has 1 aromatic heterocycles. The topological polar surface area (TPSA) is 34.9 Å². The average Bonchev–Trinajstić information content (AvgIpc) is 2.55. The van der Waals surface area contributed by atoms with Crippen LogP contribution in [0.3, 0.4) is 0 Å². The van der Waals surface area contributed by atoms with Crippen LogP contribution in [0, 0.1) is 18.3 Å². The van der Waals surface area contributed by atoms with Crippen LogP contribution in [0.25, 0.3) is 0 Å². The molecular weight excluding hydrogens is 304 g/mol. The summed E-state index contributed by atoms with van der Waals surface area (Å²) in [5.74, 6) is 0.566. The van der Waals surface area contributed by atoms with Gasteiger partial charge in [-0.05, 0) is 41.1 Å². The number of halogens is 1. The summed E-state index contributed by atoms with van der Waals surface area (Å²) in [5.41, 5.74) is 2.10. The fourth-order valence-corrected chi connectivity index (χ4v) is 3.73. The summed E-state index contributed by atoms with van der Waals surface area (Å²) < 4.78 is 2.81. The second-order valence-electron chi connectivity index (χ2n) is 6.40. The van der Waals surface area contributed by atoms with Gasteiger partial charge in [0.25, 0.3) is 0 Å². The average molecular weight is 327 g/mol. The zero-order valence-electron chi connectivity index (χ0n) is 12.3. The summed E-state index contributed by atoms with van der Waals surface area (Å²) >= 11 is 3.55. The first-order chi connectivity index (χ1) is 8.83. The molecule has 106 valence electrons. The highest BCUT2D eigenvalue weighted by atomic mass is 79.9. The van der Waals surface area contributed by atoms with Gasteiger partial charge >= 0.3 is 0 Å². The smallest absolute Gasteiger partial charge is 0.142 e. The number of carbonyl (C=O) groups excluding carboxylic acids is 1. The standard InChI is InChI=1S/C15H23BrN2O/c1-10-14(16)12(18(4)17-10)9-13(19)11-7-5-6-8-15(11,2)3/h11H,5-9H2,1-4H3. The first-order valence-electron chi connectivity index (χ1n) is 7.03. The largest absolute Gasteiger partial charge is 0.299 e. The molecular formula is C15H23BrN2O. The molecule has 3 nitrogen and oxygen atoms in total. The van der Waals surface area contributed by atoms with Crippen molar-refractivity contribution in [1.29, 1.82) is 0 Å². The van der Waals surface area contributed by atoms with E-state index in [1.807, 2.05) is 18.7 Å². The van der Waals surface area contributed by atoms with Gasteiger partial charge in [-0.25, -0.2) is 0 Å². The number of carbonyl (C=O) groups is 1. The first-order valence-corrected chi connectivity index (χ1v) is 7.83. The van der Waals surface area contributed by atoms with Gasteiger partial charge in [-0.2, -0.15) is 5.10 Å². The lowest BCUT2D eigenvalue weighted by Crippen LogP contribution is -2.35. The Labute approximate surface area is 123 Å². The number of hydrogen-bond donors (Lipinski definition) is 0. The molecule has 0 aliphatic heterocycles. The van der Waals surface area contributed by atoms with Gasteiger partial charge in [0.15, 0.2) is 0 Å². The van der Waals surface area contributed by atoms with Crippen LogP contribution >= 0.6 is 15.9 Å². The van der Waals surface area contributed by atoms with E-state index in [2.05, 4.69) is 34.9 Å². The van der Waals surface area contributed by atoms with Gasteiger partial charge in [-0.1, -0.05) is 26.7 Å². The van der Waals surface area contributed by atoms with Gasteiger partial charge in [-0.15, -0.1) is 0 Å². The van der Waals surface area contributed by atoms with Crippen molar-refractivity contribution in [2.75, 3.05) is 0 Å². The molecule has 1 aromatic rings. The molecule has 0 bridgehead atoms. The van der Waals surface area contributed by atoms with Gasteiger partial charge in [0, 0.05) is 19.4 Å². The predicted octanol–water partition coefficient (Wildman–Crippen LogP) is 3.82. The molecule has 4 heteroatoms. The summed E-state index contributed by atoms with van der Waals surface area (Å²) in [7, 11) is 1.91. The van der Waals surface area contributed by atoms with Crippen molar-refractivity contribution in [1.82, 2.24) is 9.78 Å². The van der Waals surface area contributed by atoms with Crippen LogP contribution in [-0.2, 0) is 18.3 Å². The van der Waals surface area contributed by atoms with E-state index in [1.54, 1.807) is 0 Å². The Bertz CT molecular complexity index is 491. The normalized spacial score (nSPS) is 22.5. The quantitative estimate of drug-likeness (QED) is 0.846. The predicted molar refractivity (Wildman–Crippen MR) is 80.1 cm³/mol. The van der Waals surface area contributed by atoms with Crippen molar-refractivity contribution < 1.29 is 4.79 Å². The minimum atomic E-state index is 0.148. The second kappa shape index (κ2) is 5.39. The van der Waals surface area contributed by atoms with Crippen LogP contribution in [0.15, 0.2) is 4.47 Å². The third kappa shape index (κ3) is 2.93. The lowest BCUT2D eigenvalue weighted by atomic mass is 9.66. The first kappa shape index (κ1) is 14.8. The fraction of sp³-hybridized carbons (Fsp3) is 0.733. The molecule has 1 saturated carbocycles. The van der Waals surface area contributed by atoms with Crippen LogP contribution in [-0.4, -0.2) is 15.6 Å². The van der Waals surface area contributed by atoms with Crippen molar-refractivity contribution in [2.24, 2.45) is 18.4 Å². The maximum atomic E-state index is 12.6. The number of hydrogen-bond acceptors (Lipinski definition) is 2. The zero-order valence-corrected chi connectivity index (χ0v) is 13.9. The van der Waals surface area contributed by atoms with Gasteiger partial charge in [-0.3, -0.25) is 9.48 Å². The molecule has 1 fully saturated rings. The van der Waals surface area contributed by atoms with Gasteiger partial charge < -0.3 is 0 Å². The highest BCUT2D eigenvalue weighted by Gasteiger charge is 2.37. The molecule has 0 radical (unpaired) electrons. The Morgan fingerprint density at radius 2 is 2.16 bits per heavy atom. The highest BCUT2D eigenvalue weighted by Crippen LogP contribution is 2.41. The molecule has 1 aliphatic rings. The molecule has 0 aromatic carbocycles. The minimum Gasteiger partial charge on any atom is -0.299 e. The molecule has 1 heterocycles. The Kier molecular flexibility index (Phi) is 4.19. The number of nitrogens with zero attached hydrogens (tertiary/aromatic N) is 2. The summed E-state index contributed by atoms with van der Waals surface area (Å²) in [6.45, 7) is 6.43. The SMILES string of the molecule is Cc1nn(C)c(CC(=O)C2CCCCC2(C)C)c1Br. The minimum absolute atomic E-state index is 0.148. The molecule has 1 aliphatic carbocycles. The van der Waals surface area contributed by atoms with Crippen molar-refractivity contribution in [2.45, 2.75) is 52.9 Å². The van der Waals surface area contributed by atoms with Gasteiger partial charge in [0.05, 0.1) is 15.9 Å². The Balaban J connectivity index is 2.16. The molecule has 19 heavy (non-hydrogen) atoms. The number of rotatable bonds is 3. The van der Waals surface area contributed by atoms with E-state index < -0.39 is 0 Å². The van der Waals surface area contributed by atoms with Crippen LogP contribution in [0.5, 0.6) is 0 Å². The Morgan fingerprint density at radius 3 is 2.68 bits per heavy atom.